The monoisotopic (exact) mass is 405 g/mol. The number of hydrogen-bond donors (Lipinski definition) is 1. The zero-order valence-electron chi connectivity index (χ0n) is 17.5. The Morgan fingerprint density at radius 2 is 2.00 bits per heavy atom. The third kappa shape index (κ3) is 4.21. The van der Waals surface area contributed by atoms with Crippen molar-refractivity contribution in [1.82, 2.24) is 24.6 Å². The molecule has 7 heteroatoms. The molecule has 2 aromatic heterocycles. The summed E-state index contributed by atoms with van der Waals surface area (Å²) in [6.07, 6.45) is 5.60. The van der Waals surface area contributed by atoms with Gasteiger partial charge in [0, 0.05) is 41.5 Å². The molecule has 0 saturated carbocycles. The van der Waals surface area contributed by atoms with Gasteiger partial charge in [-0.3, -0.25) is 9.69 Å². The highest BCUT2D eigenvalue weighted by Crippen LogP contribution is 2.28. The number of likely N-dealkylation sites (tertiary alicyclic amines) is 1. The van der Waals surface area contributed by atoms with E-state index in [9.17, 15) is 4.79 Å². The van der Waals surface area contributed by atoms with E-state index in [1.54, 1.807) is 19.4 Å². The van der Waals surface area contributed by atoms with E-state index in [-0.39, 0.29) is 11.5 Å². The van der Waals surface area contributed by atoms with E-state index in [1.807, 2.05) is 35.1 Å². The molecule has 1 saturated heterocycles. The third-order valence-corrected chi connectivity index (χ3v) is 5.84. The fourth-order valence-electron chi connectivity index (χ4n) is 4.00. The van der Waals surface area contributed by atoms with E-state index in [2.05, 4.69) is 28.5 Å². The quantitative estimate of drug-likeness (QED) is 0.680. The first-order chi connectivity index (χ1) is 14.6. The van der Waals surface area contributed by atoms with Gasteiger partial charge in [-0.05, 0) is 57.1 Å². The van der Waals surface area contributed by atoms with Gasteiger partial charge in [-0.25, -0.2) is 9.67 Å². The second-order valence-electron chi connectivity index (χ2n) is 7.68. The molecule has 0 atom stereocenters. The maximum absolute atomic E-state index is 12.3. The fourth-order valence-corrected chi connectivity index (χ4v) is 4.00. The molecule has 3 aromatic rings. The first-order valence-corrected chi connectivity index (χ1v) is 10.2. The van der Waals surface area contributed by atoms with Crippen molar-refractivity contribution < 1.29 is 4.74 Å². The first kappa shape index (κ1) is 20.1. The van der Waals surface area contributed by atoms with Gasteiger partial charge >= 0.3 is 0 Å². The maximum atomic E-state index is 12.3. The zero-order chi connectivity index (χ0) is 21.1. The van der Waals surface area contributed by atoms with Crippen LogP contribution < -0.4 is 10.3 Å². The largest absolute Gasteiger partial charge is 0.497 e. The van der Waals surface area contributed by atoms with Crippen LogP contribution in [0.3, 0.4) is 0 Å². The Kier molecular flexibility index (Phi) is 5.81. The number of H-pyrrole nitrogens is 1. The lowest BCUT2D eigenvalue weighted by atomic mass is 9.93. The van der Waals surface area contributed by atoms with Crippen LogP contribution in [-0.2, 0) is 6.54 Å². The van der Waals surface area contributed by atoms with Gasteiger partial charge in [0.2, 0.25) is 0 Å². The molecule has 7 nitrogen and oxygen atoms in total. The van der Waals surface area contributed by atoms with Crippen LogP contribution in [0.15, 0.2) is 47.9 Å². The van der Waals surface area contributed by atoms with Gasteiger partial charge in [0.1, 0.15) is 11.6 Å². The van der Waals surface area contributed by atoms with Crippen molar-refractivity contribution in [1.29, 1.82) is 0 Å². The van der Waals surface area contributed by atoms with Crippen molar-refractivity contribution in [3.63, 3.8) is 0 Å². The summed E-state index contributed by atoms with van der Waals surface area (Å²) in [5.74, 6) is 1.67. The lowest BCUT2D eigenvalue weighted by Crippen LogP contribution is -2.33. The van der Waals surface area contributed by atoms with Crippen LogP contribution in [0.2, 0.25) is 0 Å². The van der Waals surface area contributed by atoms with Crippen molar-refractivity contribution in [3.05, 3.63) is 70.4 Å². The highest BCUT2D eigenvalue weighted by Gasteiger charge is 2.23. The van der Waals surface area contributed by atoms with Crippen LogP contribution in [0.4, 0.5) is 0 Å². The normalized spacial score (nSPS) is 15.3. The van der Waals surface area contributed by atoms with Crippen molar-refractivity contribution in [2.45, 2.75) is 32.2 Å². The number of aromatic nitrogens is 4. The minimum absolute atomic E-state index is 0.110. The Bertz CT molecular complexity index is 1080. The minimum atomic E-state index is -0.110. The topological polar surface area (TPSA) is 76.0 Å². The van der Waals surface area contributed by atoms with Crippen LogP contribution in [0.1, 0.15) is 35.7 Å². The van der Waals surface area contributed by atoms with Crippen molar-refractivity contribution in [3.8, 4) is 17.1 Å². The number of piperidine rings is 1. The lowest BCUT2D eigenvalue weighted by molar-refractivity contribution is 0.203. The highest BCUT2D eigenvalue weighted by atomic mass is 16.5. The fraction of sp³-hybridized carbons (Fsp3) is 0.348. The number of methoxy groups -OCH3 is 1. The Morgan fingerprint density at radius 3 is 2.63 bits per heavy atom. The van der Waals surface area contributed by atoms with Gasteiger partial charge in [-0.2, -0.15) is 5.10 Å². The average molecular weight is 406 g/mol. The summed E-state index contributed by atoms with van der Waals surface area (Å²) in [6.45, 7) is 8.67. The zero-order valence-corrected chi connectivity index (χ0v) is 17.5. The molecule has 30 heavy (non-hydrogen) atoms. The molecule has 3 heterocycles. The van der Waals surface area contributed by atoms with E-state index in [0.29, 0.717) is 5.82 Å². The van der Waals surface area contributed by atoms with Gasteiger partial charge in [-0.15, -0.1) is 0 Å². The van der Waals surface area contributed by atoms with Crippen molar-refractivity contribution >= 4 is 6.20 Å². The van der Waals surface area contributed by atoms with E-state index < -0.39 is 0 Å². The van der Waals surface area contributed by atoms with E-state index in [0.717, 1.165) is 55.2 Å². The average Bonchev–Trinajstić information content (AvgIpc) is 3.13. The number of nitrogens with zero attached hydrogens (tertiary/aromatic N) is 4. The van der Waals surface area contributed by atoms with Gasteiger partial charge < -0.3 is 9.72 Å². The van der Waals surface area contributed by atoms with Crippen molar-refractivity contribution in [2.75, 3.05) is 20.2 Å². The molecule has 0 spiro atoms. The summed E-state index contributed by atoms with van der Waals surface area (Å²) in [7, 11) is 1.63. The molecule has 1 aliphatic heterocycles. The lowest BCUT2D eigenvalue weighted by Gasteiger charge is -2.31. The summed E-state index contributed by atoms with van der Waals surface area (Å²) in [5.41, 5.74) is 4.00. The van der Waals surface area contributed by atoms with Crippen LogP contribution in [0, 0.1) is 6.92 Å². The number of hydrogen-bond acceptors (Lipinski definition) is 5. The van der Waals surface area contributed by atoms with Crippen LogP contribution in [-0.4, -0.2) is 44.8 Å². The van der Waals surface area contributed by atoms with Crippen LogP contribution in [0.25, 0.3) is 17.6 Å². The Labute approximate surface area is 176 Å². The second-order valence-corrected chi connectivity index (χ2v) is 7.68. The molecule has 0 aliphatic carbocycles. The van der Waals surface area contributed by atoms with E-state index in [1.165, 1.54) is 5.56 Å². The molecule has 0 amide bonds. The summed E-state index contributed by atoms with van der Waals surface area (Å²) in [6, 6.07) is 9.21. The third-order valence-electron chi connectivity index (χ3n) is 5.84. The number of ether oxygens (including phenoxy) is 1. The summed E-state index contributed by atoms with van der Waals surface area (Å²) in [4.78, 5) is 22.4. The van der Waals surface area contributed by atoms with Gasteiger partial charge in [-0.1, -0.05) is 6.58 Å². The standard InChI is InChI=1S/C23H27N5O2/c1-4-28-16(2)19(14-24-28)15-27-11-9-17(10-12-27)21-13-22(29)26-23(25-21)18-5-7-20(30-3)8-6-18/h4-8,13-14,17H,1,9-12,15H2,2-3H3,(H,25,26,29). The first-order valence-electron chi connectivity index (χ1n) is 10.2. The number of aromatic amines is 1. The second kappa shape index (κ2) is 8.67. The summed E-state index contributed by atoms with van der Waals surface area (Å²) in [5, 5.41) is 4.34. The predicted octanol–water partition coefficient (Wildman–Crippen LogP) is 3.43. The molecule has 1 N–H and O–H groups in total. The van der Waals surface area contributed by atoms with Crippen LogP contribution in [0.5, 0.6) is 5.75 Å². The summed E-state index contributed by atoms with van der Waals surface area (Å²) < 4.78 is 7.02. The number of benzene rings is 1. The molecular weight excluding hydrogens is 378 g/mol. The molecule has 1 fully saturated rings. The predicted molar refractivity (Wildman–Crippen MR) is 117 cm³/mol. The number of nitrogens with one attached hydrogen (secondary N) is 1. The maximum Gasteiger partial charge on any atom is 0.251 e. The van der Waals surface area contributed by atoms with Gasteiger partial charge in [0.05, 0.1) is 19.0 Å². The molecule has 0 unspecified atom stereocenters. The molecule has 156 valence electrons. The van der Waals surface area contributed by atoms with E-state index in [4.69, 9.17) is 9.72 Å². The smallest absolute Gasteiger partial charge is 0.251 e. The van der Waals surface area contributed by atoms with Crippen LogP contribution >= 0.6 is 0 Å². The minimum Gasteiger partial charge on any atom is -0.497 e. The number of rotatable bonds is 6. The Hall–Kier alpha value is -3.19. The van der Waals surface area contributed by atoms with E-state index >= 15 is 0 Å². The molecule has 0 bridgehead atoms. The molecular formula is C23H27N5O2. The SMILES string of the molecule is C=Cn1ncc(CN2CCC(c3cc(=O)[nH]c(-c4ccc(OC)cc4)n3)CC2)c1C. The summed E-state index contributed by atoms with van der Waals surface area (Å²) >= 11 is 0. The molecule has 1 aromatic carbocycles. The molecule has 1 aliphatic rings. The van der Waals surface area contributed by atoms with Gasteiger partial charge in [0.25, 0.3) is 5.56 Å². The van der Waals surface area contributed by atoms with Crippen molar-refractivity contribution in [2.24, 2.45) is 0 Å². The Balaban J connectivity index is 1.45. The highest BCUT2D eigenvalue weighted by molar-refractivity contribution is 5.56. The van der Waals surface area contributed by atoms with Gasteiger partial charge in [0.15, 0.2) is 0 Å². The molecule has 0 radical (unpaired) electrons. The molecule has 4 rings (SSSR count). The Morgan fingerprint density at radius 1 is 1.27 bits per heavy atom.